The first-order chi connectivity index (χ1) is 1.41. The molecule has 0 unspecified atom stereocenters. The smallest absolute Gasteiger partial charge is 0.420 e. The summed E-state index contributed by atoms with van der Waals surface area (Å²) in [7, 11) is 0. The van der Waals surface area contributed by atoms with Crippen LogP contribution in [0.3, 0.4) is 0 Å². The standard InChI is InChI=1S/C2HO.Na/c1-2-3;/h1H;/q-1;+1. The monoisotopic (exact) mass is 64.0 g/mol. The van der Waals surface area contributed by atoms with E-state index in [-0.39, 0.29) is 29.6 Å². The van der Waals surface area contributed by atoms with Crippen LogP contribution in [0.1, 0.15) is 0 Å². The van der Waals surface area contributed by atoms with Gasteiger partial charge in [-0.25, -0.2) is 0 Å². The molecular formula is C2HNaO. The van der Waals surface area contributed by atoms with E-state index in [2.05, 4.69) is 6.58 Å². The van der Waals surface area contributed by atoms with Crippen molar-refractivity contribution >= 4 is 5.94 Å². The van der Waals surface area contributed by atoms with Gasteiger partial charge >= 0.3 is 29.6 Å². The zero-order valence-corrected chi connectivity index (χ0v) is 4.49. The molecule has 0 radical (unpaired) electrons. The van der Waals surface area contributed by atoms with Crippen LogP contribution in [0.15, 0.2) is 0 Å². The van der Waals surface area contributed by atoms with Crippen LogP contribution in [0.25, 0.3) is 0 Å². The summed E-state index contributed by atoms with van der Waals surface area (Å²) in [5.74, 6) is 1.00. The topological polar surface area (TPSA) is 17.1 Å². The van der Waals surface area contributed by atoms with Crippen LogP contribution in [0.5, 0.6) is 0 Å². The van der Waals surface area contributed by atoms with Crippen LogP contribution in [-0.2, 0) is 4.79 Å². The normalized spacial score (nSPS) is 2.00. The maximum atomic E-state index is 8.46. The Kier molecular flexibility index (Phi) is 21.7. The molecule has 0 rings (SSSR count). The molecule has 1 nitrogen and oxygen atoms in total. The molecule has 0 amide bonds. The molecule has 0 atom stereocenters. The quantitative estimate of drug-likeness (QED) is 0.165. The summed E-state index contributed by atoms with van der Waals surface area (Å²) < 4.78 is 0. The van der Waals surface area contributed by atoms with Crippen molar-refractivity contribution < 1.29 is 34.4 Å². The van der Waals surface area contributed by atoms with Crippen molar-refractivity contribution in [1.82, 2.24) is 0 Å². The molecule has 0 spiro atoms. The number of carbonyl (C=O) groups excluding carboxylic acids is 1. The summed E-state index contributed by atoms with van der Waals surface area (Å²) in [5, 5.41) is 0. The van der Waals surface area contributed by atoms with E-state index in [0.717, 1.165) is 5.94 Å². The fraction of sp³-hybridized carbons (Fsp3) is 0. The largest absolute Gasteiger partial charge is 1.00 e. The van der Waals surface area contributed by atoms with Gasteiger partial charge in [0.2, 0.25) is 0 Å². The first kappa shape index (κ1) is 8.82. The van der Waals surface area contributed by atoms with E-state index in [9.17, 15) is 0 Å². The molecule has 0 saturated heterocycles. The van der Waals surface area contributed by atoms with Crippen molar-refractivity contribution in [2.45, 2.75) is 0 Å². The fourth-order valence-electron chi connectivity index (χ4n) is 0. The van der Waals surface area contributed by atoms with E-state index in [1.165, 1.54) is 0 Å². The third-order valence-electron chi connectivity index (χ3n) is 0. The summed E-state index contributed by atoms with van der Waals surface area (Å²) in [6.07, 6.45) is 0. The molecule has 0 bridgehead atoms. The Labute approximate surface area is 47.0 Å². The third-order valence-corrected chi connectivity index (χ3v) is 0. The van der Waals surface area contributed by atoms with Crippen molar-refractivity contribution in [2.24, 2.45) is 0 Å². The van der Waals surface area contributed by atoms with Crippen LogP contribution in [0.2, 0.25) is 0 Å². The molecule has 0 fully saturated rings. The van der Waals surface area contributed by atoms with Gasteiger partial charge in [0, 0.05) is 0 Å². The first-order valence-electron chi connectivity index (χ1n) is 0.493. The van der Waals surface area contributed by atoms with Crippen LogP contribution in [0.4, 0.5) is 0 Å². The van der Waals surface area contributed by atoms with Crippen molar-refractivity contribution in [3.05, 3.63) is 6.58 Å². The number of hydrogen-bond acceptors (Lipinski definition) is 1. The summed E-state index contributed by atoms with van der Waals surface area (Å²) in [6.45, 7) is 4.04. The second kappa shape index (κ2) is 9.85. The van der Waals surface area contributed by atoms with Gasteiger partial charge in [0.15, 0.2) is 0 Å². The first-order valence-corrected chi connectivity index (χ1v) is 0.493. The molecule has 0 N–H and O–H groups in total. The van der Waals surface area contributed by atoms with E-state index in [1.54, 1.807) is 0 Å². The van der Waals surface area contributed by atoms with Gasteiger partial charge in [-0.05, 0) is 0 Å². The maximum Gasteiger partial charge on any atom is 1.00 e. The molecule has 0 aliphatic carbocycles. The Bertz CT molecular complexity index is 27.0. The van der Waals surface area contributed by atoms with Gasteiger partial charge in [-0.1, -0.05) is 5.94 Å². The summed E-state index contributed by atoms with van der Waals surface area (Å²) in [4.78, 5) is 8.46. The van der Waals surface area contributed by atoms with Gasteiger partial charge in [-0.3, -0.25) is 4.79 Å². The maximum absolute atomic E-state index is 8.46. The third kappa shape index (κ3) is 25.4. The van der Waals surface area contributed by atoms with Crippen molar-refractivity contribution in [2.75, 3.05) is 0 Å². The van der Waals surface area contributed by atoms with Crippen molar-refractivity contribution in [1.29, 1.82) is 0 Å². The zero-order chi connectivity index (χ0) is 2.71. The van der Waals surface area contributed by atoms with E-state index in [0.29, 0.717) is 0 Å². The SMILES string of the molecule is [CH-]=C=O.[Na+]. The average molecular weight is 64.0 g/mol. The predicted octanol–water partition coefficient (Wildman–Crippen LogP) is -3.19. The minimum absolute atomic E-state index is 0. The summed E-state index contributed by atoms with van der Waals surface area (Å²) >= 11 is 0. The molecule has 0 aliphatic rings. The van der Waals surface area contributed by atoms with E-state index in [4.69, 9.17) is 4.79 Å². The van der Waals surface area contributed by atoms with Crippen molar-refractivity contribution in [3.63, 3.8) is 0 Å². The van der Waals surface area contributed by atoms with Gasteiger partial charge in [0.25, 0.3) is 0 Å². The molecule has 0 heterocycles. The van der Waals surface area contributed by atoms with Gasteiger partial charge in [-0.2, -0.15) is 0 Å². The molecule has 2 heteroatoms. The van der Waals surface area contributed by atoms with E-state index >= 15 is 0 Å². The fourth-order valence-corrected chi connectivity index (χ4v) is 0. The molecule has 4 heavy (non-hydrogen) atoms. The second-order valence-electron chi connectivity index (χ2n) is 0.118. The molecular weight excluding hydrogens is 63.0 g/mol. The van der Waals surface area contributed by atoms with Gasteiger partial charge in [0.05, 0.1) is 0 Å². The number of hydrogen-bond donors (Lipinski definition) is 0. The predicted molar refractivity (Wildman–Crippen MR) is 9.99 cm³/mol. The van der Waals surface area contributed by atoms with Gasteiger partial charge in [-0.15, -0.1) is 0 Å². The summed E-state index contributed by atoms with van der Waals surface area (Å²) in [6, 6.07) is 0. The Balaban J connectivity index is 0. The van der Waals surface area contributed by atoms with Crippen LogP contribution < -0.4 is 29.6 Å². The Morgan fingerprint density at radius 3 is 1.75 bits per heavy atom. The zero-order valence-electron chi connectivity index (χ0n) is 2.49. The van der Waals surface area contributed by atoms with E-state index < -0.39 is 0 Å². The summed E-state index contributed by atoms with van der Waals surface area (Å²) in [5.41, 5.74) is 0. The molecule has 0 aromatic heterocycles. The van der Waals surface area contributed by atoms with Gasteiger partial charge in [0.1, 0.15) is 0 Å². The molecule has 0 aromatic carbocycles. The number of rotatable bonds is 0. The van der Waals surface area contributed by atoms with Crippen LogP contribution in [-0.4, -0.2) is 5.94 Å². The minimum atomic E-state index is 0. The molecule has 0 aliphatic heterocycles. The minimum Gasteiger partial charge on any atom is -0.420 e. The van der Waals surface area contributed by atoms with Gasteiger partial charge < -0.3 is 6.58 Å². The Morgan fingerprint density at radius 2 is 1.75 bits per heavy atom. The van der Waals surface area contributed by atoms with Crippen LogP contribution in [0, 0.1) is 6.58 Å². The second-order valence-corrected chi connectivity index (χ2v) is 0.118. The Hall–Kier alpha value is 0.450. The molecule has 16 valence electrons. The van der Waals surface area contributed by atoms with Crippen molar-refractivity contribution in [3.8, 4) is 0 Å². The molecule has 0 aromatic rings. The van der Waals surface area contributed by atoms with E-state index in [1.807, 2.05) is 0 Å². The van der Waals surface area contributed by atoms with Crippen LogP contribution >= 0.6 is 0 Å². The average Bonchev–Trinajstić information content (AvgIpc) is 0.918. The Morgan fingerprint density at radius 1 is 1.75 bits per heavy atom. The molecule has 0 saturated carbocycles.